The lowest BCUT2D eigenvalue weighted by Crippen LogP contribution is -2.33. The normalized spacial score (nSPS) is 11.4. The maximum absolute atomic E-state index is 14.0. The van der Waals surface area contributed by atoms with Gasteiger partial charge in [0.2, 0.25) is 5.95 Å². The summed E-state index contributed by atoms with van der Waals surface area (Å²) in [5.41, 5.74) is 3.00. The highest BCUT2D eigenvalue weighted by Crippen LogP contribution is 2.32. The molecule has 43 heavy (non-hydrogen) atoms. The van der Waals surface area contributed by atoms with Crippen LogP contribution in [0.3, 0.4) is 0 Å². The van der Waals surface area contributed by atoms with E-state index in [9.17, 15) is 19.3 Å². The highest BCUT2D eigenvalue weighted by atomic mass is 19.1. The molecular formula is C30H36FN7O5. The van der Waals surface area contributed by atoms with Crippen LogP contribution in [0, 0.1) is 22.9 Å². The smallest absolute Gasteiger partial charge is 0.407 e. The molecule has 0 aliphatic heterocycles. The van der Waals surface area contributed by atoms with Crippen molar-refractivity contribution in [2.75, 3.05) is 25.1 Å². The second-order valence-corrected chi connectivity index (χ2v) is 11.0. The minimum atomic E-state index is -0.563. The Balaban J connectivity index is 1.32. The van der Waals surface area contributed by atoms with Gasteiger partial charge in [0, 0.05) is 54.6 Å². The summed E-state index contributed by atoms with van der Waals surface area (Å²) in [4.78, 5) is 31.9. The minimum Gasteiger partial charge on any atom is -0.473 e. The number of hydrogen-bond acceptors (Lipinski definition) is 9. The van der Waals surface area contributed by atoms with E-state index in [0.29, 0.717) is 42.5 Å². The monoisotopic (exact) mass is 593 g/mol. The van der Waals surface area contributed by atoms with E-state index in [1.54, 1.807) is 45.2 Å². The van der Waals surface area contributed by atoms with E-state index < -0.39 is 16.6 Å². The summed E-state index contributed by atoms with van der Waals surface area (Å²) >= 11 is 0. The fraction of sp³-hybridized carbons (Fsp3) is 0.367. The van der Waals surface area contributed by atoms with Crippen molar-refractivity contribution in [1.29, 1.82) is 0 Å². The SMILES string of the molecule is Cc1cnc(NCOc2ccc(CNCCCNC(=O)OC(C)(C)C)c([N+](=O)[O-])c2)nc1-c1cn(C)c2ccc(F)cc12. The van der Waals surface area contributed by atoms with E-state index in [2.05, 4.69) is 25.9 Å². The number of rotatable bonds is 12. The third-order valence-corrected chi connectivity index (χ3v) is 6.41. The van der Waals surface area contributed by atoms with Gasteiger partial charge in [-0.1, -0.05) is 0 Å². The quantitative estimate of drug-likeness (QED) is 0.0845. The van der Waals surface area contributed by atoms with Crippen molar-refractivity contribution >= 4 is 28.6 Å². The van der Waals surface area contributed by atoms with Crippen LogP contribution in [0.1, 0.15) is 38.3 Å². The van der Waals surface area contributed by atoms with E-state index >= 15 is 0 Å². The molecule has 2 heterocycles. The number of amides is 1. The number of anilines is 1. The maximum Gasteiger partial charge on any atom is 0.407 e. The average Bonchev–Trinajstić information content (AvgIpc) is 3.25. The Kier molecular flexibility index (Phi) is 9.76. The van der Waals surface area contributed by atoms with Crippen molar-refractivity contribution in [2.24, 2.45) is 7.05 Å². The summed E-state index contributed by atoms with van der Waals surface area (Å²) in [6.45, 7) is 8.45. The molecule has 228 valence electrons. The van der Waals surface area contributed by atoms with Gasteiger partial charge < -0.3 is 30.0 Å². The molecular weight excluding hydrogens is 557 g/mol. The number of nitro groups is 1. The van der Waals surface area contributed by atoms with Crippen molar-refractivity contribution in [1.82, 2.24) is 25.2 Å². The second-order valence-electron chi connectivity index (χ2n) is 11.0. The zero-order valence-electron chi connectivity index (χ0n) is 24.9. The molecule has 2 aromatic heterocycles. The molecule has 0 atom stereocenters. The van der Waals surface area contributed by atoms with Crippen LogP contribution < -0.4 is 20.7 Å². The van der Waals surface area contributed by atoms with Crippen LogP contribution in [0.2, 0.25) is 0 Å². The van der Waals surface area contributed by atoms with E-state index in [1.165, 1.54) is 18.2 Å². The topological polar surface area (TPSA) is 145 Å². The first-order valence-corrected chi connectivity index (χ1v) is 13.8. The standard InChI is InChI=1S/C30H36FN7O5/c1-19-15-34-28(36-27(19)24-17-37(5)25-10-8-21(31)13-23(24)25)35-18-42-22-9-7-20(26(14-22)38(40)41)16-32-11-6-12-33-29(39)43-30(2,3)4/h7-10,13-15,17,32H,6,11-12,16,18H2,1-5H3,(H,33,39)(H,34,35,36). The fourth-order valence-corrected chi connectivity index (χ4v) is 4.43. The number of aryl methyl sites for hydroxylation is 2. The summed E-state index contributed by atoms with van der Waals surface area (Å²) in [5, 5.41) is 21.3. The van der Waals surface area contributed by atoms with Crippen molar-refractivity contribution in [2.45, 2.75) is 46.3 Å². The third-order valence-electron chi connectivity index (χ3n) is 6.41. The van der Waals surface area contributed by atoms with Crippen LogP contribution in [0.15, 0.2) is 48.8 Å². The molecule has 2 aromatic carbocycles. The van der Waals surface area contributed by atoms with Crippen molar-refractivity contribution in [3.8, 4) is 17.0 Å². The van der Waals surface area contributed by atoms with Crippen molar-refractivity contribution in [3.63, 3.8) is 0 Å². The van der Waals surface area contributed by atoms with Crippen LogP contribution in [0.25, 0.3) is 22.2 Å². The number of nitrogens with one attached hydrogen (secondary N) is 3. The van der Waals surface area contributed by atoms with Gasteiger partial charge in [0.15, 0.2) is 6.73 Å². The Morgan fingerprint density at radius 3 is 2.70 bits per heavy atom. The van der Waals surface area contributed by atoms with Crippen molar-refractivity contribution < 1.29 is 23.6 Å². The van der Waals surface area contributed by atoms with E-state index in [0.717, 1.165) is 22.0 Å². The average molecular weight is 594 g/mol. The van der Waals surface area contributed by atoms with Crippen LogP contribution in [-0.2, 0) is 18.3 Å². The zero-order chi connectivity index (χ0) is 31.1. The first-order valence-electron chi connectivity index (χ1n) is 13.8. The number of hydrogen-bond donors (Lipinski definition) is 3. The molecule has 0 unspecified atom stereocenters. The van der Waals surface area contributed by atoms with E-state index in [4.69, 9.17) is 9.47 Å². The molecule has 0 aliphatic rings. The summed E-state index contributed by atoms with van der Waals surface area (Å²) in [6, 6.07) is 9.30. The number of carbonyl (C=O) groups excluding carboxylic acids is 1. The maximum atomic E-state index is 14.0. The second kappa shape index (κ2) is 13.5. The van der Waals surface area contributed by atoms with E-state index in [-0.39, 0.29) is 24.8 Å². The molecule has 1 amide bonds. The molecule has 0 radical (unpaired) electrons. The lowest BCUT2D eigenvalue weighted by molar-refractivity contribution is -0.385. The number of benzene rings is 2. The lowest BCUT2D eigenvalue weighted by Gasteiger charge is -2.19. The Labute approximate surface area is 248 Å². The molecule has 4 aromatic rings. The Morgan fingerprint density at radius 1 is 1.16 bits per heavy atom. The first kappa shape index (κ1) is 31.2. The summed E-state index contributed by atoms with van der Waals surface area (Å²) in [5.74, 6) is 0.272. The van der Waals surface area contributed by atoms with Gasteiger partial charge in [-0.05, 0) is 76.6 Å². The third kappa shape index (κ3) is 8.38. The number of carbonyl (C=O) groups is 1. The molecule has 0 bridgehead atoms. The lowest BCUT2D eigenvalue weighted by atomic mass is 10.1. The van der Waals surface area contributed by atoms with Gasteiger partial charge in [0.1, 0.15) is 17.2 Å². The molecule has 0 aliphatic carbocycles. The number of nitro benzene ring substituents is 1. The minimum absolute atomic E-state index is 0.0356. The predicted molar refractivity (Wildman–Crippen MR) is 161 cm³/mol. The molecule has 12 nitrogen and oxygen atoms in total. The molecule has 13 heteroatoms. The first-order chi connectivity index (χ1) is 20.4. The molecule has 4 rings (SSSR count). The number of ether oxygens (including phenoxy) is 2. The van der Waals surface area contributed by atoms with Crippen LogP contribution in [0.5, 0.6) is 5.75 Å². The molecule has 0 spiro atoms. The van der Waals surface area contributed by atoms with Crippen LogP contribution in [0.4, 0.5) is 20.8 Å². The molecule has 3 N–H and O–H groups in total. The summed E-state index contributed by atoms with van der Waals surface area (Å²) < 4.78 is 26.8. The summed E-state index contributed by atoms with van der Waals surface area (Å²) in [7, 11) is 1.89. The fourth-order valence-electron chi connectivity index (χ4n) is 4.43. The van der Waals surface area contributed by atoms with Gasteiger partial charge in [-0.25, -0.2) is 19.2 Å². The van der Waals surface area contributed by atoms with Gasteiger partial charge in [0.25, 0.3) is 5.69 Å². The predicted octanol–water partition coefficient (Wildman–Crippen LogP) is 5.44. The van der Waals surface area contributed by atoms with E-state index in [1.807, 2.05) is 24.7 Å². The molecule has 0 saturated heterocycles. The van der Waals surface area contributed by atoms with Gasteiger partial charge >= 0.3 is 6.09 Å². The number of halogens is 1. The summed E-state index contributed by atoms with van der Waals surface area (Å²) in [6.07, 6.45) is 3.71. The van der Waals surface area contributed by atoms with Gasteiger partial charge in [0.05, 0.1) is 16.7 Å². The highest BCUT2D eigenvalue weighted by Gasteiger charge is 2.17. The number of aromatic nitrogens is 3. The van der Waals surface area contributed by atoms with Gasteiger partial charge in [-0.15, -0.1) is 0 Å². The largest absolute Gasteiger partial charge is 0.473 e. The number of nitrogens with zero attached hydrogens (tertiary/aromatic N) is 4. The molecule has 0 fully saturated rings. The van der Waals surface area contributed by atoms with Crippen LogP contribution in [-0.4, -0.2) is 51.0 Å². The highest BCUT2D eigenvalue weighted by molar-refractivity contribution is 5.95. The zero-order valence-corrected chi connectivity index (χ0v) is 24.9. The Morgan fingerprint density at radius 2 is 1.95 bits per heavy atom. The Hall–Kier alpha value is -4.78. The van der Waals surface area contributed by atoms with Gasteiger partial charge in [-0.3, -0.25) is 10.1 Å². The van der Waals surface area contributed by atoms with Crippen molar-refractivity contribution in [3.05, 3.63) is 75.9 Å². The Bertz CT molecular complexity index is 1620. The number of alkyl carbamates (subject to hydrolysis) is 1. The number of fused-ring (bicyclic) bond motifs is 1. The van der Waals surface area contributed by atoms with Gasteiger partial charge in [-0.2, -0.15) is 0 Å². The van der Waals surface area contributed by atoms with Crippen LogP contribution >= 0.6 is 0 Å². The molecule has 0 saturated carbocycles.